The lowest BCUT2D eigenvalue weighted by molar-refractivity contribution is -0.0432. The van der Waals surface area contributed by atoms with Crippen molar-refractivity contribution in [2.24, 2.45) is 17.8 Å². The molecule has 0 spiro atoms. The van der Waals surface area contributed by atoms with Crippen molar-refractivity contribution in [1.82, 2.24) is 43.6 Å². The lowest BCUT2D eigenvalue weighted by atomic mass is 9.90. The number of aromatic nitrogens is 9. The van der Waals surface area contributed by atoms with E-state index < -0.39 is 50.4 Å². The number of hydrogen-bond acceptors (Lipinski definition) is 21. The molecule has 0 aliphatic carbocycles. The zero-order valence-corrected chi connectivity index (χ0v) is 53.0. The molecule has 0 N–H and O–H groups in total. The number of halogens is 3. The molecule has 21 nitrogen and oxygen atoms in total. The molecule has 1 unspecified atom stereocenters. The van der Waals surface area contributed by atoms with Gasteiger partial charge in [-0.1, -0.05) is 97.6 Å². The maximum absolute atomic E-state index is 14.6. The molecule has 87 heavy (non-hydrogen) atoms. The summed E-state index contributed by atoms with van der Waals surface area (Å²) in [6.07, 6.45) is 4.41. The molecule has 3 atom stereocenters. The summed E-state index contributed by atoms with van der Waals surface area (Å²) in [5.41, 5.74) is -0.605. The predicted molar refractivity (Wildman–Crippen MR) is 321 cm³/mol. The number of ether oxygens (including phenoxy) is 6. The summed E-state index contributed by atoms with van der Waals surface area (Å²) in [5.74, 6) is 1.01. The summed E-state index contributed by atoms with van der Waals surface area (Å²) >= 11 is 4.25. The van der Waals surface area contributed by atoms with Crippen LogP contribution in [-0.2, 0) is 64.3 Å². The van der Waals surface area contributed by atoms with Crippen molar-refractivity contribution in [1.29, 1.82) is 15.8 Å². The van der Waals surface area contributed by atoms with Gasteiger partial charge in [0, 0.05) is 128 Å². The van der Waals surface area contributed by atoms with E-state index in [4.69, 9.17) is 28.4 Å². The Morgan fingerprint density at radius 1 is 0.483 bits per heavy atom. The van der Waals surface area contributed by atoms with Gasteiger partial charge in [-0.2, -0.15) is 15.8 Å². The zero-order chi connectivity index (χ0) is 63.5. The second kappa shape index (κ2) is 29.4. The van der Waals surface area contributed by atoms with Crippen LogP contribution < -0.4 is 16.7 Å². The summed E-state index contributed by atoms with van der Waals surface area (Å²) in [6, 6.07) is 9.69. The Morgan fingerprint density at radius 3 is 0.943 bits per heavy atom. The van der Waals surface area contributed by atoms with E-state index in [2.05, 4.69) is 29.9 Å². The molecule has 0 amide bonds. The van der Waals surface area contributed by atoms with Crippen LogP contribution in [0.3, 0.4) is 0 Å². The van der Waals surface area contributed by atoms with Crippen molar-refractivity contribution >= 4 is 35.3 Å². The molecule has 6 aromatic heterocycles. The average Bonchev–Trinajstić information content (AvgIpc) is 0.901. The molecule has 0 bridgehead atoms. The Balaban J connectivity index is 0.000000186. The number of rotatable bonds is 15. The first kappa shape index (κ1) is 67.7. The van der Waals surface area contributed by atoms with Crippen LogP contribution in [0.25, 0.3) is 33.8 Å². The minimum Gasteiger partial charge on any atom is -0.359 e. The Morgan fingerprint density at radius 2 is 0.736 bits per heavy atom. The normalized spacial score (nSPS) is 16.3. The Labute approximate surface area is 515 Å². The Hall–Kier alpha value is -6.84. The van der Waals surface area contributed by atoms with Crippen molar-refractivity contribution in [2.75, 3.05) is 78.8 Å². The van der Waals surface area contributed by atoms with Gasteiger partial charge in [0.15, 0.2) is 15.5 Å². The minimum atomic E-state index is -0.485. The van der Waals surface area contributed by atoms with Gasteiger partial charge in [0.05, 0.1) is 54.0 Å². The summed E-state index contributed by atoms with van der Waals surface area (Å²) in [5, 5.41) is 30.3. The van der Waals surface area contributed by atoms with Crippen LogP contribution in [0.1, 0.15) is 96.1 Å². The monoisotopic (exact) mass is 1250 g/mol. The van der Waals surface area contributed by atoms with E-state index in [-0.39, 0.29) is 71.9 Å². The SMILES string of the molecule is COCOCC1CSc2nc(-c3cnc(C(C)(C)C)c(F)c3)c(C#N)c(=O)n2C1.COCOC[C@@H]1CSc2nc(-c3cnc(C(C)(C)C)c(F)c3)c(C#N)c(=O)n2C1.COCOC[C@H]1CSc2nc(-c3cnc(C(C)(C)C)c(F)c3)c(C#N)c(=O)n2C1. The van der Waals surface area contributed by atoms with Crippen molar-refractivity contribution in [3.63, 3.8) is 0 Å². The van der Waals surface area contributed by atoms with Crippen molar-refractivity contribution in [3.8, 4) is 52.0 Å². The van der Waals surface area contributed by atoms with Crippen molar-refractivity contribution < 1.29 is 41.6 Å². The van der Waals surface area contributed by atoms with E-state index in [9.17, 15) is 43.3 Å². The third kappa shape index (κ3) is 16.3. The lowest BCUT2D eigenvalue weighted by Gasteiger charge is -2.25. The predicted octanol–water partition coefficient (Wildman–Crippen LogP) is 8.87. The quantitative estimate of drug-likeness (QED) is 0.0527. The molecule has 0 saturated carbocycles. The number of nitriles is 3. The smallest absolute Gasteiger partial charge is 0.272 e. The fourth-order valence-electron chi connectivity index (χ4n) is 9.41. The highest BCUT2D eigenvalue weighted by molar-refractivity contribution is 7.99. The van der Waals surface area contributed by atoms with Crippen LogP contribution in [0.2, 0.25) is 0 Å². The Bertz CT molecular complexity index is 3420. The summed E-state index contributed by atoms with van der Waals surface area (Å²) in [7, 11) is 4.64. The molecule has 27 heteroatoms. The van der Waals surface area contributed by atoms with E-state index in [1.807, 2.05) is 80.5 Å². The van der Waals surface area contributed by atoms with Crippen LogP contribution in [-0.4, -0.2) is 122 Å². The number of nitrogens with zero attached hydrogens (tertiary/aromatic N) is 12. The van der Waals surface area contributed by atoms with Gasteiger partial charge in [0.2, 0.25) is 0 Å². The van der Waals surface area contributed by atoms with Crippen LogP contribution in [0.5, 0.6) is 0 Å². The minimum absolute atomic E-state index is 0.102. The number of hydrogen-bond donors (Lipinski definition) is 0. The third-order valence-corrected chi connectivity index (χ3v) is 17.2. The molecule has 9 rings (SSSR count). The van der Waals surface area contributed by atoms with E-state index >= 15 is 0 Å². The molecule has 3 aliphatic heterocycles. The van der Waals surface area contributed by atoms with E-state index in [0.29, 0.717) is 88.7 Å². The molecular formula is C60H69F3N12O9S3. The highest BCUT2D eigenvalue weighted by Crippen LogP contribution is 2.35. The largest absolute Gasteiger partial charge is 0.359 e. The van der Waals surface area contributed by atoms with Gasteiger partial charge in [-0.25, -0.2) is 28.1 Å². The molecule has 3 aliphatic rings. The maximum atomic E-state index is 14.6. The number of thioether (sulfide) groups is 3. The number of fused-ring (bicyclic) bond motifs is 3. The second-order valence-electron chi connectivity index (χ2n) is 23.7. The fraction of sp³-hybridized carbons (Fsp3) is 0.500. The first-order chi connectivity index (χ1) is 41.3. The number of pyridine rings is 3. The van der Waals surface area contributed by atoms with Crippen LogP contribution in [0.15, 0.2) is 66.6 Å². The summed E-state index contributed by atoms with van der Waals surface area (Å²) in [6.45, 7) is 19.9. The number of methoxy groups -OCH3 is 3. The summed E-state index contributed by atoms with van der Waals surface area (Å²) < 4.78 is 79.1. The van der Waals surface area contributed by atoms with Gasteiger partial charge < -0.3 is 28.4 Å². The van der Waals surface area contributed by atoms with Crippen molar-refractivity contribution in [3.05, 3.63) is 119 Å². The van der Waals surface area contributed by atoms with E-state index in [0.717, 1.165) is 17.3 Å². The van der Waals surface area contributed by atoms with Crippen LogP contribution >= 0.6 is 35.3 Å². The van der Waals surface area contributed by atoms with E-state index in [1.165, 1.54) is 85.8 Å². The van der Waals surface area contributed by atoms with Crippen molar-refractivity contribution in [2.45, 2.75) is 114 Å². The van der Waals surface area contributed by atoms with Gasteiger partial charge in [0.25, 0.3) is 16.7 Å². The second-order valence-corrected chi connectivity index (χ2v) is 26.7. The highest BCUT2D eigenvalue weighted by Gasteiger charge is 2.31. The molecular weight excluding hydrogens is 1190 g/mol. The lowest BCUT2D eigenvalue weighted by Crippen LogP contribution is -2.34. The first-order valence-electron chi connectivity index (χ1n) is 27.5. The van der Waals surface area contributed by atoms with Gasteiger partial charge in [-0.15, -0.1) is 0 Å². The van der Waals surface area contributed by atoms with Gasteiger partial charge in [-0.05, 0) is 18.2 Å². The standard InChI is InChI=1S/3C20H23FN4O3S/c3*1-20(2,3)17-15(21)5-13(7-23-17)16-14(6-22)18(26)25-8-12(9-28-11-27-4)10-29-19(25)24-16/h3*5,7,12H,8-11H2,1-4H3/t2*12-;/m10./s1. The van der Waals surface area contributed by atoms with Crippen LogP contribution in [0, 0.1) is 69.2 Å². The van der Waals surface area contributed by atoms with Gasteiger partial charge >= 0.3 is 0 Å². The molecule has 462 valence electrons. The molecule has 0 fully saturated rings. The molecule has 0 saturated heterocycles. The average molecular weight is 1260 g/mol. The van der Waals surface area contributed by atoms with Gasteiger partial charge in [0.1, 0.15) is 72.7 Å². The highest BCUT2D eigenvalue weighted by atomic mass is 32.2. The molecule has 9 heterocycles. The topological polar surface area (TPSA) is 270 Å². The maximum Gasteiger partial charge on any atom is 0.272 e. The third-order valence-electron chi connectivity index (χ3n) is 13.5. The first-order valence-corrected chi connectivity index (χ1v) is 30.5. The van der Waals surface area contributed by atoms with Gasteiger partial charge in [-0.3, -0.25) is 43.0 Å². The molecule has 6 aromatic rings. The fourth-order valence-corrected chi connectivity index (χ4v) is 12.6. The Kier molecular flexibility index (Phi) is 22.9. The van der Waals surface area contributed by atoms with Crippen LogP contribution in [0.4, 0.5) is 13.2 Å². The molecule has 0 radical (unpaired) electrons. The zero-order valence-electron chi connectivity index (χ0n) is 50.6. The molecule has 0 aromatic carbocycles. The summed E-state index contributed by atoms with van der Waals surface area (Å²) in [4.78, 5) is 65.0. The van der Waals surface area contributed by atoms with E-state index in [1.54, 1.807) is 21.3 Å².